The number of nitrogens with zero attached hydrogens (tertiary/aromatic N) is 3. The van der Waals surface area contributed by atoms with Gasteiger partial charge in [-0.3, -0.25) is 14.9 Å². The minimum Gasteiger partial charge on any atom is -0.348 e. The molecule has 1 N–H and O–H groups in total. The van der Waals surface area contributed by atoms with Gasteiger partial charge in [0.25, 0.3) is 5.69 Å². The average Bonchev–Trinajstić information content (AvgIpc) is 3.15. The first-order chi connectivity index (χ1) is 13.4. The van der Waals surface area contributed by atoms with Gasteiger partial charge in [-0.15, -0.1) is 0 Å². The minimum absolute atomic E-state index is 0.136. The summed E-state index contributed by atoms with van der Waals surface area (Å²) in [5, 5.41) is 18.5. The van der Waals surface area contributed by atoms with Gasteiger partial charge in [0, 0.05) is 29.4 Å². The van der Waals surface area contributed by atoms with Gasteiger partial charge in [-0.05, 0) is 42.5 Å². The van der Waals surface area contributed by atoms with Crippen molar-refractivity contribution in [2.75, 3.05) is 0 Å². The third-order valence-electron chi connectivity index (χ3n) is 3.80. The zero-order chi connectivity index (χ0) is 20.1. The number of nitro benzene ring substituents is 1. The van der Waals surface area contributed by atoms with E-state index in [9.17, 15) is 19.3 Å². The maximum absolute atomic E-state index is 13.1. The highest BCUT2D eigenvalue weighted by molar-refractivity contribution is 6.30. The molecule has 142 valence electrons. The molecule has 3 aromatic rings. The first-order valence-corrected chi connectivity index (χ1v) is 8.49. The van der Waals surface area contributed by atoms with Crippen LogP contribution in [-0.4, -0.2) is 20.6 Å². The molecule has 0 aliphatic heterocycles. The van der Waals surface area contributed by atoms with Crippen molar-refractivity contribution in [3.8, 4) is 5.69 Å². The molecule has 1 amide bonds. The number of nitrogens with one attached hydrogen (secondary N) is 1. The Morgan fingerprint density at radius 3 is 2.75 bits per heavy atom. The van der Waals surface area contributed by atoms with Gasteiger partial charge in [-0.2, -0.15) is 5.10 Å². The van der Waals surface area contributed by atoms with E-state index in [1.165, 1.54) is 12.1 Å². The summed E-state index contributed by atoms with van der Waals surface area (Å²) in [5.74, 6) is -1.16. The second-order valence-electron chi connectivity index (χ2n) is 5.78. The molecule has 0 radical (unpaired) electrons. The lowest BCUT2D eigenvalue weighted by Crippen LogP contribution is -2.19. The molecule has 0 aliphatic carbocycles. The molecule has 28 heavy (non-hydrogen) atoms. The summed E-state index contributed by atoms with van der Waals surface area (Å²) in [6, 6.07) is 10.3. The molecule has 0 unspecified atom stereocenters. The number of aromatic nitrogens is 2. The number of hydrogen-bond acceptors (Lipinski definition) is 4. The lowest BCUT2D eigenvalue weighted by molar-refractivity contribution is -0.385. The number of rotatable bonds is 6. The molecule has 2 aromatic carbocycles. The summed E-state index contributed by atoms with van der Waals surface area (Å²) in [5.41, 5.74) is 1.32. The highest BCUT2D eigenvalue weighted by Gasteiger charge is 2.13. The maximum Gasteiger partial charge on any atom is 0.279 e. The van der Waals surface area contributed by atoms with Crippen molar-refractivity contribution in [3.63, 3.8) is 0 Å². The van der Waals surface area contributed by atoms with Crippen molar-refractivity contribution in [1.82, 2.24) is 15.1 Å². The Morgan fingerprint density at radius 1 is 1.29 bits per heavy atom. The first-order valence-electron chi connectivity index (χ1n) is 8.12. The van der Waals surface area contributed by atoms with Gasteiger partial charge < -0.3 is 5.32 Å². The molecular formula is C19H14ClFN4O3. The van der Waals surface area contributed by atoms with Crippen molar-refractivity contribution < 1.29 is 14.1 Å². The number of hydrogen-bond donors (Lipinski definition) is 1. The lowest BCUT2D eigenvalue weighted by atomic mass is 10.1. The smallest absolute Gasteiger partial charge is 0.279 e. The standard InChI is InChI=1S/C19H14ClFN4O3/c20-15-3-6-17(7-4-15)24-12-13(11-23-24)10-22-19(26)8-2-14-1-5-16(21)9-18(14)25(27)28/h1-9,11-12H,10H2,(H,22,26)/b8-2+. The molecule has 9 heteroatoms. The van der Waals surface area contributed by atoms with Gasteiger partial charge in [-0.1, -0.05) is 11.6 Å². The van der Waals surface area contributed by atoms with E-state index in [1.54, 1.807) is 29.2 Å². The molecule has 0 saturated carbocycles. The molecule has 0 bridgehead atoms. The Kier molecular flexibility index (Phi) is 5.81. The van der Waals surface area contributed by atoms with Crippen LogP contribution in [0.2, 0.25) is 5.02 Å². The van der Waals surface area contributed by atoms with E-state index in [0.717, 1.165) is 29.5 Å². The molecule has 0 fully saturated rings. The summed E-state index contributed by atoms with van der Waals surface area (Å²) in [7, 11) is 0. The van der Waals surface area contributed by atoms with Crippen LogP contribution >= 0.6 is 11.6 Å². The van der Waals surface area contributed by atoms with Crippen LogP contribution in [0.15, 0.2) is 60.9 Å². The number of benzene rings is 2. The van der Waals surface area contributed by atoms with Crippen molar-refractivity contribution in [2.45, 2.75) is 6.54 Å². The lowest BCUT2D eigenvalue weighted by Gasteiger charge is -2.01. The first kappa shape index (κ1) is 19.2. The van der Waals surface area contributed by atoms with E-state index in [1.807, 2.05) is 12.1 Å². The van der Waals surface area contributed by atoms with E-state index in [0.29, 0.717) is 5.02 Å². The number of carbonyl (C=O) groups is 1. The molecule has 0 spiro atoms. The number of amides is 1. The fourth-order valence-corrected chi connectivity index (χ4v) is 2.54. The molecule has 0 aliphatic rings. The van der Waals surface area contributed by atoms with Crippen molar-refractivity contribution in [3.05, 3.63) is 93.0 Å². The Hall–Kier alpha value is -3.52. The van der Waals surface area contributed by atoms with Crippen LogP contribution in [0, 0.1) is 15.9 Å². The fourth-order valence-electron chi connectivity index (χ4n) is 2.42. The summed E-state index contributed by atoms with van der Waals surface area (Å²) in [6.45, 7) is 0.224. The van der Waals surface area contributed by atoms with Crippen LogP contribution < -0.4 is 5.32 Å². The zero-order valence-corrected chi connectivity index (χ0v) is 15.1. The van der Waals surface area contributed by atoms with E-state index in [2.05, 4.69) is 10.4 Å². The van der Waals surface area contributed by atoms with Gasteiger partial charge in [-0.25, -0.2) is 9.07 Å². The number of halogens is 2. The third-order valence-corrected chi connectivity index (χ3v) is 4.05. The summed E-state index contributed by atoms with van der Waals surface area (Å²) < 4.78 is 14.8. The Morgan fingerprint density at radius 2 is 2.04 bits per heavy atom. The summed E-state index contributed by atoms with van der Waals surface area (Å²) in [6.07, 6.45) is 5.80. The monoisotopic (exact) mass is 400 g/mol. The highest BCUT2D eigenvalue weighted by Crippen LogP contribution is 2.21. The number of nitro groups is 1. The molecule has 0 saturated heterocycles. The average molecular weight is 401 g/mol. The predicted octanol–water partition coefficient (Wildman–Crippen LogP) is 3.90. The molecule has 3 rings (SSSR count). The van der Waals surface area contributed by atoms with E-state index >= 15 is 0 Å². The zero-order valence-electron chi connectivity index (χ0n) is 14.4. The second kappa shape index (κ2) is 8.45. The van der Waals surface area contributed by atoms with Crippen LogP contribution in [-0.2, 0) is 11.3 Å². The number of carbonyl (C=O) groups excluding carboxylic acids is 1. The van der Waals surface area contributed by atoms with Gasteiger partial charge in [0.1, 0.15) is 5.82 Å². The van der Waals surface area contributed by atoms with Crippen LogP contribution in [0.1, 0.15) is 11.1 Å². The third kappa shape index (κ3) is 4.80. The predicted molar refractivity (Wildman–Crippen MR) is 103 cm³/mol. The molecule has 1 heterocycles. The van der Waals surface area contributed by atoms with Crippen molar-refractivity contribution in [1.29, 1.82) is 0 Å². The van der Waals surface area contributed by atoms with E-state index in [-0.39, 0.29) is 12.1 Å². The minimum atomic E-state index is -0.717. The Bertz CT molecular complexity index is 1050. The summed E-state index contributed by atoms with van der Waals surface area (Å²) >= 11 is 5.86. The van der Waals surface area contributed by atoms with E-state index in [4.69, 9.17) is 11.6 Å². The van der Waals surface area contributed by atoms with Gasteiger partial charge in [0.05, 0.1) is 28.4 Å². The Balaban J connectivity index is 1.61. The summed E-state index contributed by atoms with van der Waals surface area (Å²) in [4.78, 5) is 22.2. The van der Waals surface area contributed by atoms with Gasteiger partial charge in [0.15, 0.2) is 0 Å². The molecular weight excluding hydrogens is 387 g/mol. The topological polar surface area (TPSA) is 90.1 Å². The molecule has 7 nitrogen and oxygen atoms in total. The maximum atomic E-state index is 13.1. The normalized spacial score (nSPS) is 10.9. The van der Waals surface area contributed by atoms with Crippen LogP contribution in [0.4, 0.5) is 10.1 Å². The Labute approximate surface area is 164 Å². The quantitative estimate of drug-likeness (QED) is 0.386. The van der Waals surface area contributed by atoms with E-state index < -0.39 is 22.3 Å². The molecule has 0 atom stereocenters. The van der Waals surface area contributed by atoms with Crippen molar-refractivity contribution in [2.24, 2.45) is 0 Å². The van der Waals surface area contributed by atoms with Crippen LogP contribution in [0.3, 0.4) is 0 Å². The fraction of sp³-hybridized carbons (Fsp3) is 0.0526. The van der Waals surface area contributed by atoms with Crippen LogP contribution in [0.25, 0.3) is 11.8 Å². The van der Waals surface area contributed by atoms with Gasteiger partial charge in [0.2, 0.25) is 5.91 Å². The molecule has 1 aromatic heterocycles. The largest absolute Gasteiger partial charge is 0.348 e. The second-order valence-corrected chi connectivity index (χ2v) is 6.22. The van der Waals surface area contributed by atoms with Crippen LogP contribution in [0.5, 0.6) is 0 Å². The van der Waals surface area contributed by atoms with Gasteiger partial charge >= 0.3 is 0 Å². The SMILES string of the molecule is O=C(/C=C/c1ccc(F)cc1[N+](=O)[O-])NCc1cnn(-c2ccc(Cl)cc2)c1. The highest BCUT2D eigenvalue weighted by atomic mass is 35.5. The van der Waals surface area contributed by atoms with Crippen molar-refractivity contribution >= 4 is 29.3 Å².